The van der Waals surface area contributed by atoms with Crippen LogP contribution in [-0.2, 0) is 9.59 Å². The molecular formula is C21H19FN2O2S. The van der Waals surface area contributed by atoms with Crippen LogP contribution < -0.4 is 5.32 Å². The summed E-state index contributed by atoms with van der Waals surface area (Å²) in [5.41, 5.74) is 2.92. The van der Waals surface area contributed by atoms with E-state index in [1.807, 2.05) is 30.3 Å². The minimum Gasteiger partial charge on any atom is -0.339 e. The summed E-state index contributed by atoms with van der Waals surface area (Å²) in [6.07, 6.45) is 2.92. The Morgan fingerprint density at radius 3 is 2.70 bits per heavy atom. The number of para-hydroxylation sites is 1. The molecule has 6 heteroatoms. The van der Waals surface area contributed by atoms with Crippen LogP contribution in [0.3, 0.4) is 0 Å². The second kappa shape index (κ2) is 7.56. The van der Waals surface area contributed by atoms with E-state index in [2.05, 4.69) is 5.32 Å². The maximum absolute atomic E-state index is 13.1. The van der Waals surface area contributed by atoms with Crippen molar-refractivity contribution in [2.75, 3.05) is 18.4 Å². The summed E-state index contributed by atoms with van der Waals surface area (Å²) in [5.74, 6) is -0.389. The number of nitrogens with one attached hydrogen (secondary N) is 1. The lowest BCUT2D eigenvalue weighted by molar-refractivity contribution is -0.132. The predicted molar refractivity (Wildman–Crippen MR) is 105 cm³/mol. The number of benzene rings is 2. The normalized spacial score (nSPS) is 19.1. The van der Waals surface area contributed by atoms with E-state index in [0.717, 1.165) is 28.1 Å². The molecule has 0 saturated heterocycles. The number of fused-ring (bicyclic) bond motifs is 1. The van der Waals surface area contributed by atoms with Gasteiger partial charge < -0.3 is 10.2 Å². The molecule has 2 aromatic rings. The third kappa shape index (κ3) is 3.90. The molecule has 4 nitrogen and oxygen atoms in total. The minimum atomic E-state index is -0.408. The number of amides is 2. The third-order valence-electron chi connectivity index (χ3n) is 4.84. The molecule has 0 unspecified atom stereocenters. The molecule has 0 spiro atoms. The van der Waals surface area contributed by atoms with Crippen molar-refractivity contribution in [3.63, 3.8) is 0 Å². The van der Waals surface area contributed by atoms with E-state index in [0.29, 0.717) is 13.1 Å². The Hall–Kier alpha value is -2.60. The molecule has 2 aliphatic heterocycles. The van der Waals surface area contributed by atoms with E-state index in [1.165, 1.54) is 23.9 Å². The van der Waals surface area contributed by atoms with E-state index in [-0.39, 0.29) is 24.1 Å². The Morgan fingerprint density at radius 2 is 1.96 bits per heavy atom. The molecule has 2 heterocycles. The average molecular weight is 382 g/mol. The van der Waals surface area contributed by atoms with Crippen LogP contribution in [0.2, 0.25) is 0 Å². The van der Waals surface area contributed by atoms with Crippen molar-refractivity contribution < 1.29 is 14.0 Å². The summed E-state index contributed by atoms with van der Waals surface area (Å²) in [7, 11) is 0. The first-order valence-electron chi connectivity index (χ1n) is 8.89. The van der Waals surface area contributed by atoms with E-state index in [4.69, 9.17) is 0 Å². The molecule has 1 N–H and O–H groups in total. The Morgan fingerprint density at radius 1 is 1.19 bits per heavy atom. The van der Waals surface area contributed by atoms with Gasteiger partial charge in [0.15, 0.2) is 0 Å². The summed E-state index contributed by atoms with van der Waals surface area (Å²) in [6, 6.07) is 14.0. The van der Waals surface area contributed by atoms with Gasteiger partial charge in [0.25, 0.3) is 0 Å². The van der Waals surface area contributed by atoms with Crippen LogP contribution in [-0.4, -0.2) is 35.1 Å². The molecule has 1 atom stereocenters. The van der Waals surface area contributed by atoms with E-state index in [1.54, 1.807) is 17.0 Å². The molecule has 27 heavy (non-hydrogen) atoms. The number of carbonyl (C=O) groups is 2. The fourth-order valence-corrected chi connectivity index (χ4v) is 4.44. The third-order valence-corrected chi connectivity index (χ3v) is 6.12. The summed E-state index contributed by atoms with van der Waals surface area (Å²) >= 11 is 1.45. The average Bonchev–Trinajstić information content (AvgIpc) is 2.69. The highest BCUT2D eigenvalue weighted by Crippen LogP contribution is 2.37. The lowest BCUT2D eigenvalue weighted by atomic mass is 9.99. The molecule has 0 aromatic heterocycles. The van der Waals surface area contributed by atoms with E-state index in [9.17, 15) is 14.0 Å². The van der Waals surface area contributed by atoms with Crippen molar-refractivity contribution >= 4 is 34.8 Å². The van der Waals surface area contributed by atoms with Gasteiger partial charge in [0.2, 0.25) is 11.8 Å². The summed E-state index contributed by atoms with van der Waals surface area (Å²) < 4.78 is 13.1. The largest absolute Gasteiger partial charge is 0.339 e. The summed E-state index contributed by atoms with van der Waals surface area (Å²) in [5, 5.41) is 2.47. The number of nitrogens with zero attached hydrogens (tertiary/aromatic N) is 1. The van der Waals surface area contributed by atoms with Crippen molar-refractivity contribution in [2.45, 2.75) is 23.0 Å². The fraction of sp³-hybridized carbons (Fsp3) is 0.238. The van der Waals surface area contributed by atoms with Gasteiger partial charge in [-0.25, -0.2) is 4.39 Å². The predicted octanol–water partition coefficient (Wildman–Crippen LogP) is 3.94. The SMILES string of the molecule is O=C1Nc2ccccc2S[C@@H]1CC(=O)N1CC=C(c2ccc(F)cc2)CC1. The number of halogens is 1. The lowest BCUT2D eigenvalue weighted by Gasteiger charge is -2.29. The fourth-order valence-electron chi connectivity index (χ4n) is 3.34. The Balaban J connectivity index is 1.38. The van der Waals surface area contributed by atoms with Crippen LogP contribution in [0.4, 0.5) is 10.1 Å². The maximum Gasteiger partial charge on any atom is 0.238 e. The Bertz CT molecular complexity index is 911. The van der Waals surface area contributed by atoms with Gasteiger partial charge >= 0.3 is 0 Å². The van der Waals surface area contributed by atoms with Gasteiger partial charge in [0, 0.05) is 24.4 Å². The van der Waals surface area contributed by atoms with Crippen molar-refractivity contribution in [1.29, 1.82) is 0 Å². The molecule has 4 rings (SSSR count). The highest BCUT2D eigenvalue weighted by Gasteiger charge is 2.30. The number of hydrogen-bond donors (Lipinski definition) is 1. The first-order chi connectivity index (χ1) is 13.1. The van der Waals surface area contributed by atoms with Crippen LogP contribution in [0.1, 0.15) is 18.4 Å². The number of carbonyl (C=O) groups excluding carboxylic acids is 2. The minimum absolute atomic E-state index is 0.0172. The van der Waals surface area contributed by atoms with E-state index >= 15 is 0 Å². The summed E-state index contributed by atoms with van der Waals surface area (Å²) in [4.78, 5) is 27.7. The summed E-state index contributed by atoms with van der Waals surface area (Å²) in [6.45, 7) is 1.12. The molecule has 0 saturated carbocycles. The van der Waals surface area contributed by atoms with E-state index < -0.39 is 5.25 Å². The molecule has 2 aliphatic rings. The number of hydrogen-bond acceptors (Lipinski definition) is 3. The smallest absolute Gasteiger partial charge is 0.238 e. The molecule has 138 valence electrons. The zero-order valence-electron chi connectivity index (χ0n) is 14.7. The van der Waals surface area contributed by atoms with Crippen molar-refractivity contribution in [3.8, 4) is 0 Å². The van der Waals surface area contributed by atoms with Gasteiger partial charge in [-0.2, -0.15) is 0 Å². The molecule has 0 aliphatic carbocycles. The molecule has 0 bridgehead atoms. The first kappa shape index (κ1) is 17.8. The molecule has 0 fully saturated rings. The van der Waals surface area contributed by atoms with Crippen molar-refractivity contribution in [3.05, 3.63) is 66.0 Å². The Labute approximate surface area is 161 Å². The number of rotatable bonds is 3. The van der Waals surface area contributed by atoms with Crippen molar-refractivity contribution in [1.82, 2.24) is 4.90 Å². The highest BCUT2D eigenvalue weighted by molar-refractivity contribution is 8.01. The van der Waals surface area contributed by atoms with Gasteiger partial charge in [-0.15, -0.1) is 11.8 Å². The van der Waals surface area contributed by atoms with Crippen LogP contribution in [0.15, 0.2) is 59.5 Å². The highest BCUT2D eigenvalue weighted by atomic mass is 32.2. The first-order valence-corrected chi connectivity index (χ1v) is 9.77. The maximum atomic E-state index is 13.1. The quantitative estimate of drug-likeness (QED) is 0.875. The van der Waals surface area contributed by atoms with Gasteiger partial charge in [-0.1, -0.05) is 30.3 Å². The van der Waals surface area contributed by atoms with Crippen LogP contribution in [0, 0.1) is 5.82 Å². The molecular weight excluding hydrogens is 363 g/mol. The van der Waals surface area contributed by atoms with Crippen LogP contribution in [0.5, 0.6) is 0 Å². The van der Waals surface area contributed by atoms with Crippen molar-refractivity contribution in [2.24, 2.45) is 0 Å². The second-order valence-electron chi connectivity index (χ2n) is 6.62. The molecule has 0 radical (unpaired) electrons. The van der Waals surface area contributed by atoms with Gasteiger partial charge in [0.1, 0.15) is 5.82 Å². The molecule has 2 aromatic carbocycles. The monoisotopic (exact) mass is 382 g/mol. The zero-order valence-corrected chi connectivity index (χ0v) is 15.5. The van der Waals surface area contributed by atoms with Gasteiger partial charge in [0.05, 0.1) is 10.9 Å². The zero-order chi connectivity index (χ0) is 18.8. The van der Waals surface area contributed by atoms with Gasteiger partial charge in [-0.05, 0) is 41.8 Å². The van der Waals surface area contributed by atoms with Crippen LogP contribution >= 0.6 is 11.8 Å². The standard InChI is InChI=1S/C21H19FN2O2S/c22-16-7-5-14(6-8-16)15-9-11-24(12-10-15)20(25)13-19-21(26)23-17-3-1-2-4-18(17)27-19/h1-9,19H,10-13H2,(H,23,26)/t19-/m1/s1. The lowest BCUT2D eigenvalue weighted by Crippen LogP contribution is -2.39. The van der Waals surface area contributed by atoms with Gasteiger partial charge in [-0.3, -0.25) is 9.59 Å². The molecule has 2 amide bonds. The van der Waals surface area contributed by atoms with Crippen LogP contribution in [0.25, 0.3) is 5.57 Å². The number of anilines is 1. The Kier molecular flexibility index (Phi) is 4.99. The topological polar surface area (TPSA) is 49.4 Å². The number of thioether (sulfide) groups is 1. The second-order valence-corrected chi connectivity index (χ2v) is 7.87.